The van der Waals surface area contributed by atoms with E-state index >= 15 is 0 Å². The first-order chi connectivity index (χ1) is 11.7. The molecule has 0 unspecified atom stereocenters. The number of rotatable bonds is 7. The fourth-order valence-electron chi connectivity index (χ4n) is 3.54. The maximum absolute atomic E-state index is 12.4. The first kappa shape index (κ1) is 17.0. The van der Waals surface area contributed by atoms with Gasteiger partial charge in [-0.05, 0) is 37.9 Å². The maximum Gasteiger partial charge on any atom is 0.328 e. The number of hydrogen-bond acceptors (Lipinski definition) is 3. The lowest BCUT2D eigenvalue weighted by atomic mass is 10.1. The number of imidazole rings is 1. The number of ether oxygens (including phenoxy) is 1. The van der Waals surface area contributed by atoms with E-state index in [1.54, 1.807) is 4.57 Å². The molecule has 0 N–H and O–H groups in total. The van der Waals surface area contributed by atoms with Crippen molar-refractivity contribution in [2.45, 2.75) is 31.9 Å². The molecule has 0 radical (unpaired) electrons. The van der Waals surface area contributed by atoms with Gasteiger partial charge in [-0.1, -0.05) is 18.2 Å². The average molecular weight is 329 g/mol. The molecule has 0 saturated carbocycles. The number of aryl methyl sites for hydroxylation is 2. The molecule has 5 nitrogen and oxygen atoms in total. The number of hydrogen-bond donors (Lipinski definition) is 0. The SMILES string of the molecule is C=CCOC1CCN(CCCn2c(=O)n(C)c3ccccc32)CC1. The molecule has 0 amide bonds. The smallest absolute Gasteiger partial charge is 0.328 e. The van der Waals surface area contributed by atoms with Crippen LogP contribution in [0.25, 0.3) is 11.0 Å². The largest absolute Gasteiger partial charge is 0.374 e. The summed E-state index contributed by atoms with van der Waals surface area (Å²) < 4.78 is 9.36. The molecule has 2 heterocycles. The predicted molar refractivity (Wildman–Crippen MR) is 97.4 cm³/mol. The zero-order valence-electron chi connectivity index (χ0n) is 14.5. The minimum Gasteiger partial charge on any atom is -0.374 e. The average Bonchev–Trinajstić information content (AvgIpc) is 2.86. The lowest BCUT2D eigenvalue weighted by Crippen LogP contribution is -2.38. The Labute approximate surface area is 143 Å². The first-order valence-electron chi connectivity index (χ1n) is 8.80. The van der Waals surface area contributed by atoms with E-state index in [2.05, 4.69) is 11.5 Å². The Morgan fingerprint density at radius 1 is 1.21 bits per heavy atom. The summed E-state index contributed by atoms with van der Waals surface area (Å²) in [7, 11) is 1.84. The van der Waals surface area contributed by atoms with E-state index in [4.69, 9.17) is 4.74 Å². The van der Waals surface area contributed by atoms with E-state index in [-0.39, 0.29) is 5.69 Å². The van der Waals surface area contributed by atoms with Gasteiger partial charge in [-0.15, -0.1) is 6.58 Å². The van der Waals surface area contributed by atoms with Gasteiger partial charge in [-0.3, -0.25) is 9.13 Å². The highest BCUT2D eigenvalue weighted by atomic mass is 16.5. The lowest BCUT2D eigenvalue weighted by Gasteiger charge is -2.31. The van der Waals surface area contributed by atoms with Crippen molar-refractivity contribution in [3.05, 3.63) is 47.4 Å². The van der Waals surface area contributed by atoms with Crippen molar-refractivity contribution in [3.8, 4) is 0 Å². The molecule has 3 rings (SSSR count). The Hall–Kier alpha value is -1.85. The second-order valence-corrected chi connectivity index (χ2v) is 6.50. The summed E-state index contributed by atoms with van der Waals surface area (Å²) in [4.78, 5) is 14.9. The van der Waals surface area contributed by atoms with Crippen LogP contribution in [-0.4, -0.2) is 46.4 Å². The molecule has 1 aromatic heterocycles. The minimum absolute atomic E-state index is 0.0766. The molecule has 130 valence electrons. The molecule has 0 aliphatic carbocycles. The molecule has 2 aromatic rings. The highest BCUT2D eigenvalue weighted by molar-refractivity contribution is 5.75. The van der Waals surface area contributed by atoms with Gasteiger partial charge in [0.15, 0.2) is 0 Å². The van der Waals surface area contributed by atoms with E-state index < -0.39 is 0 Å². The molecule has 1 aromatic carbocycles. The third kappa shape index (κ3) is 3.62. The summed E-state index contributed by atoms with van der Waals surface area (Å²) in [5.74, 6) is 0. The summed E-state index contributed by atoms with van der Waals surface area (Å²) in [5, 5.41) is 0. The van der Waals surface area contributed by atoms with Crippen molar-refractivity contribution in [2.24, 2.45) is 7.05 Å². The number of fused-ring (bicyclic) bond motifs is 1. The first-order valence-corrected chi connectivity index (χ1v) is 8.80. The van der Waals surface area contributed by atoms with Crippen LogP contribution in [0.2, 0.25) is 0 Å². The summed E-state index contributed by atoms with van der Waals surface area (Å²) >= 11 is 0. The van der Waals surface area contributed by atoms with Crippen molar-refractivity contribution in [2.75, 3.05) is 26.2 Å². The third-order valence-electron chi connectivity index (χ3n) is 4.89. The van der Waals surface area contributed by atoms with Crippen molar-refractivity contribution in [1.29, 1.82) is 0 Å². The normalized spacial score (nSPS) is 16.7. The van der Waals surface area contributed by atoms with Gasteiger partial charge in [0.2, 0.25) is 0 Å². The summed E-state index contributed by atoms with van der Waals surface area (Å²) in [6, 6.07) is 8.00. The molecular weight excluding hydrogens is 302 g/mol. The molecule has 1 aliphatic heterocycles. The van der Waals surface area contributed by atoms with Gasteiger partial charge in [0, 0.05) is 26.7 Å². The number of piperidine rings is 1. The Bertz CT molecular complexity index is 739. The molecule has 0 bridgehead atoms. The number of para-hydroxylation sites is 2. The highest BCUT2D eigenvalue weighted by Crippen LogP contribution is 2.15. The van der Waals surface area contributed by atoms with E-state index in [1.165, 1.54) is 0 Å². The number of likely N-dealkylation sites (tertiary alicyclic amines) is 1. The van der Waals surface area contributed by atoms with Crippen molar-refractivity contribution < 1.29 is 4.74 Å². The Morgan fingerprint density at radius 3 is 2.62 bits per heavy atom. The zero-order valence-corrected chi connectivity index (χ0v) is 14.5. The second-order valence-electron chi connectivity index (χ2n) is 6.50. The Balaban J connectivity index is 1.52. The molecule has 0 spiro atoms. The Morgan fingerprint density at radius 2 is 1.92 bits per heavy atom. The van der Waals surface area contributed by atoms with Crippen molar-refractivity contribution in [1.82, 2.24) is 14.0 Å². The third-order valence-corrected chi connectivity index (χ3v) is 4.89. The standard InChI is InChI=1S/C19H27N3O2/c1-3-15-24-16-9-13-21(14-10-16)11-6-12-22-18-8-5-4-7-17(18)20(2)19(22)23/h3-5,7-8,16H,1,6,9-15H2,2H3. The molecule has 5 heteroatoms. The van der Waals surface area contributed by atoms with Gasteiger partial charge in [0.1, 0.15) is 0 Å². The van der Waals surface area contributed by atoms with Gasteiger partial charge in [0.05, 0.1) is 23.7 Å². The van der Waals surface area contributed by atoms with E-state index in [9.17, 15) is 4.79 Å². The van der Waals surface area contributed by atoms with Crippen LogP contribution in [0.15, 0.2) is 41.7 Å². The summed E-state index contributed by atoms with van der Waals surface area (Å²) in [5.41, 5.74) is 2.11. The Kier molecular flexibility index (Phi) is 5.53. The van der Waals surface area contributed by atoms with Gasteiger partial charge >= 0.3 is 5.69 Å². The van der Waals surface area contributed by atoms with Gasteiger partial charge in [-0.2, -0.15) is 0 Å². The van der Waals surface area contributed by atoms with Crippen LogP contribution in [0.4, 0.5) is 0 Å². The molecule has 0 atom stereocenters. The van der Waals surface area contributed by atoms with Crippen LogP contribution in [0, 0.1) is 0 Å². The summed E-state index contributed by atoms with van der Waals surface area (Å²) in [6.45, 7) is 8.30. The molecule has 1 saturated heterocycles. The maximum atomic E-state index is 12.4. The molecule has 24 heavy (non-hydrogen) atoms. The number of benzene rings is 1. The summed E-state index contributed by atoms with van der Waals surface area (Å²) in [6.07, 6.45) is 5.35. The quantitative estimate of drug-likeness (QED) is 0.732. The fourth-order valence-corrected chi connectivity index (χ4v) is 3.54. The molecular formula is C19H27N3O2. The van der Waals surface area contributed by atoms with Crippen LogP contribution in [0.5, 0.6) is 0 Å². The monoisotopic (exact) mass is 329 g/mol. The molecule has 1 aliphatic rings. The van der Waals surface area contributed by atoms with E-state index in [0.717, 1.165) is 56.5 Å². The lowest BCUT2D eigenvalue weighted by molar-refractivity contribution is 0.0217. The van der Waals surface area contributed by atoms with Crippen LogP contribution in [0.1, 0.15) is 19.3 Å². The highest BCUT2D eigenvalue weighted by Gasteiger charge is 2.19. The van der Waals surface area contributed by atoms with Crippen LogP contribution in [0.3, 0.4) is 0 Å². The number of nitrogens with zero attached hydrogens (tertiary/aromatic N) is 3. The second kappa shape index (κ2) is 7.81. The fraction of sp³-hybridized carbons (Fsp3) is 0.526. The predicted octanol–water partition coefficient (Wildman–Crippen LogP) is 2.40. The molecule has 1 fully saturated rings. The van der Waals surface area contributed by atoms with E-state index in [1.807, 2.05) is 42.0 Å². The van der Waals surface area contributed by atoms with Gasteiger partial charge < -0.3 is 9.64 Å². The van der Waals surface area contributed by atoms with Crippen molar-refractivity contribution >= 4 is 11.0 Å². The van der Waals surface area contributed by atoms with Gasteiger partial charge in [0.25, 0.3) is 0 Å². The topological polar surface area (TPSA) is 39.4 Å². The minimum atomic E-state index is 0.0766. The van der Waals surface area contributed by atoms with Crippen LogP contribution >= 0.6 is 0 Å². The van der Waals surface area contributed by atoms with Crippen LogP contribution in [-0.2, 0) is 18.3 Å². The van der Waals surface area contributed by atoms with Gasteiger partial charge in [-0.25, -0.2) is 4.79 Å². The zero-order chi connectivity index (χ0) is 16.9. The van der Waals surface area contributed by atoms with Crippen LogP contribution < -0.4 is 5.69 Å². The van der Waals surface area contributed by atoms with E-state index in [0.29, 0.717) is 12.7 Å². The van der Waals surface area contributed by atoms with Crippen molar-refractivity contribution in [3.63, 3.8) is 0 Å². The number of aromatic nitrogens is 2.